The van der Waals surface area contributed by atoms with Gasteiger partial charge in [0.1, 0.15) is 11.9 Å². The minimum Gasteiger partial charge on any atom is -0.463 e. The molecule has 31 heavy (non-hydrogen) atoms. The Morgan fingerprint density at radius 3 is 2.65 bits per heavy atom. The number of nitrogens with zero attached hydrogens (tertiary/aromatic N) is 2. The van der Waals surface area contributed by atoms with Crippen molar-refractivity contribution in [3.63, 3.8) is 0 Å². The maximum Gasteiger partial charge on any atom is 0.338 e. The minimum absolute atomic E-state index is 0.150. The number of ether oxygens (including phenoxy) is 1. The standard InChI is InChI=1S/C23H18ClFN2O3S/c1-3-30-22(29)19-13(2)26-23-27(20(19)16-6-4-5-7-17(16)25)21(28)18(31-23)12-14-8-10-15(24)11-9-14/h4-12,20H,3H2,1-2H3/b18-12-/t20-/m1/s1. The maximum atomic E-state index is 14.8. The van der Waals surface area contributed by atoms with Gasteiger partial charge < -0.3 is 4.74 Å². The number of halogens is 2. The van der Waals surface area contributed by atoms with Gasteiger partial charge in [-0.2, -0.15) is 0 Å². The van der Waals surface area contributed by atoms with E-state index in [1.807, 2.05) is 0 Å². The number of benzene rings is 2. The molecule has 1 atom stereocenters. The SMILES string of the molecule is CCOC(=O)C1=C(C)N=c2s/c(=C\c3ccc(Cl)cc3)c(=O)n2[C@@H]1c1ccccc1F. The van der Waals surface area contributed by atoms with Gasteiger partial charge in [-0.15, -0.1) is 0 Å². The molecule has 0 N–H and O–H groups in total. The van der Waals surface area contributed by atoms with Crippen molar-refractivity contribution in [3.05, 3.63) is 101 Å². The van der Waals surface area contributed by atoms with E-state index in [0.29, 0.717) is 20.1 Å². The first-order valence-corrected chi connectivity index (χ1v) is 10.8. The Labute approximate surface area is 186 Å². The van der Waals surface area contributed by atoms with Crippen molar-refractivity contribution in [1.29, 1.82) is 0 Å². The second-order valence-electron chi connectivity index (χ2n) is 6.88. The molecular weight excluding hydrogens is 439 g/mol. The van der Waals surface area contributed by atoms with Crippen molar-refractivity contribution in [1.82, 2.24) is 4.57 Å². The first-order valence-electron chi connectivity index (χ1n) is 9.60. The lowest BCUT2D eigenvalue weighted by Crippen LogP contribution is -2.40. The number of hydrogen-bond donors (Lipinski definition) is 0. The second-order valence-corrected chi connectivity index (χ2v) is 8.32. The van der Waals surface area contributed by atoms with Gasteiger partial charge >= 0.3 is 5.97 Å². The summed E-state index contributed by atoms with van der Waals surface area (Å²) in [5.74, 6) is -1.14. The largest absolute Gasteiger partial charge is 0.463 e. The van der Waals surface area contributed by atoms with Gasteiger partial charge in [-0.05, 0) is 43.7 Å². The highest BCUT2D eigenvalue weighted by molar-refractivity contribution is 7.07. The van der Waals surface area contributed by atoms with Crippen LogP contribution in [-0.4, -0.2) is 17.1 Å². The lowest BCUT2D eigenvalue weighted by atomic mass is 9.95. The van der Waals surface area contributed by atoms with Crippen molar-refractivity contribution >= 4 is 35.0 Å². The normalized spacial score (nSPS) is 16.1. The summed E-state index contributed by atoms with van der Waals surface area (Å²) >= 11 is 7.12. The molecule has 0 saturated heterocycles. The Morgan fingerprint density at radius 1 is 1.26 bits per heavy atom. The van der Waals surface area contributed by atoms with E-state index in [1.54, 1.807) is 62.4 Å². The highest BCUT2D eigenvalue weighted by Crippen LogP contribution is 2.32. The highest BCUT2D eigenvalue weighted by atomic mass is 35.5. The summed E-state index contributed by atoms with van der Waals surface area (Å²) in [5.41, 5.74) is 1.18. The van der Waals surface area contributed by atoms with Crippen LogP contribution in [0.4, 0.5) is 4.39 Å². The molecule has 158 valence electrons. The number of thiazole rings is 1. The molecule has 0 unspecified atom stereocenters. The molecule has 0 spiro atoms. The summed E-state index contributed by atoms with van der Waals surface area (Å²) < 4.78 is 21.8. The van der Waals surface area contributed by atoms with Crippen LogP contribution >= 0.6 is 22.9 Å². The van der Waals surface area contributed by atoms with Crippen molar-refractivity contribution < 1.29 is 13.9 Å². The van der Waals surface area contributed by atoms with Crippen LogP contribution in [0.5, 0.6) is 0 Å². The molecule has 0 bridgehead atoms. The van der Waals surface area contributed by atoms with Crippen molar-refractivity contribution in [2.45, 2.75) is 19.9 Å². The number of carbonyl (C=O) groups is 1. The van der Waals surface area contributed by atoms with Crippen LogP contribution in [0.15, 0.2) is 69.6 Å². The summed E-state index contributed by atoms with van der Waals surface area (Å²) in [6.45, 7) is 3.50. The fourth-order valence-electron chi connectivity index (χ4n) is 3.49. The number of fused-ring (bicyclic) bond motifs is 1. The molecule has 0 aliphatic carbocycles. The van der Waals surface area contributed by atoms with Crippen LogP contribution in [0.25, 0.3) is 6.08 Å². The van der Waals surface area contributed by atoms with Crippen LogP contribution in [0.2, 0.25) is 5.02 Å². The van der Waals surface area contributed by atoms with Gasteiger partial charge in [0.15, 0.2) is 4.80 Å². The number of allylic oxidation sites excluding steroid dienone is 1. The Bertz CT molecular complexity index is 1370. The van der Waals surface area contributed by atoms with E-state index in [4.69, 9.17) is 16.3 Å². The van der Waals surface area contributed by atoms with Crippen LogP contribution in [0.1, 0.15) is 31.0 Å². The van der Waals surface area contributed by atoms with Crippen LogP contribution in [-0.2, 0) is 9.53 Å². The van der Waals surface area contributed by atoms with Crippen molar-refractivity contribution in [2.24, 2.45) is 4.99 Å². The quantitative estimate of drug-likeness (QED) is 0.564. The van der Waals surface area contributed by atoms with Gasteiger partial charge in [-0.25, -0.2) is 14.2 Å². The molecule has 5 nitrogen and oxygen atoms in total. The molecular formula is C23H18ClFN2O3S. The molecule has 1 aliphatic rings. The smallest absolute Gasteiger partial charge is 0.338 e. The van der Waals surface area contributed by atoms with Crippen LogP contribution < -0.4 is 14.9 Å². The number of carbonyl (C=O) groups excluding carboxylic acids is 1. The van der Waals surface area contributed by atoms with E-state index in [1.165, 1.54) is 22.0 Å². The molecule has 0 fully saturated rings. The monoisotopic (exact) mass is 456 g/mol. The van der Waals surface area contributed by atoms with Crippen molar-refractivity contribution in [3.8, 4) is 0 Å². The number of esters is 1. The molecule has 4 rings (SSSR count). The molecule has 0 amide bonds. The Balaban J connectivity index is 1.97. The van der Waals surface area contributed by atoms with Crippen molar-refractivity contribution in [2.75, 3.05) is 6.61 Å². The molecule has 3 aromatic rings. The zero-order chi connectivity index (χ0) is 22.1. The Morgan fingerprint density at radius 2 is 1.97 bits per heavy atom. The van der Waals surface area contributed by atoms with E-state index < -0.39 is 17.8 Å². The highest BCUT2D eigenvalue weighted by Gasteiger charge is 2.34. The summed E-state index contributed by atoms with van der Waals surface area (Å²) in [4.78, 5) is 31.0. The van der Waals surface area contributed by atoms with Crippen LogP contribution in [0, 0.1) is 5.82 Å². The lowest BCUT2D eigenvalue weighted by Gasteiger charge is -2.24. The zero-order valence-corrected chi connectivity index (χ0v) is 18.3. The van der Waals surface area contributed by atoms with E-state index in [2.05, 4.69) is 4.99 Å². The second kappa shape index (κ2) is 8.61. The van der Waals surface area contributed by atoms with Gasteiger partial charge in [0, 0.05) is 10.6 Å². The average Bonchev–Trinajstić information content (AvgIpc) is 3.04. The molecule has 1 aromatic heterocycles. The first kappa shape index (κ1) is 21.2. The number of rotatable bonds is 4. The van der Waals surface area contributed by atoms with E-state index in [9.17, 15) is 14.0 Å². The summed E-state index contributed by atoms with van der Waals surface area (Å²) in [6.07, 6.45) is 1.72. The molecule has 0 radical (unpaired) electrons. The third-order valence-electron chi connectivity index (χ3n) is 4.88. The predicted molar refractivity (Wildman–Crippen MR) is 118 cm³/mol. The topological polar surface area (TPSA) is 60.7 Å². The summed E-state index contributed by atoms with van der Waals surface area (Å²) in [7, 11) is 0. The number of aromatic nitrogens is 1. The van der Waals surface area contributed by atoms with E-state index >= 15 is 0 Å². The van der Waals surface area contributed by atoms with Gasteiger partial charge in [-0.3, -0.25) is 9.36 Å². The van der Waals surface area contributed by atoms with E-state index in [0.717, 1.165) is 5.56 Å². The fraction of sp³-hybridized carbons (Fsp3) is 0.174. The molecule has 1 aliphatic heterocycles. The average molecular weight is 457 g/mol. The van der Waals surface area contributed by atoms with E-state index in [-0.39, 0.29) is 23.3 Å². The fourth-order valence-corrected chi connectivity index (χ4v) is 4.67. The Hall–Kier alpha value is -3.03. The lowest BCUT2D eigenvalue weighted by molar-refractivity contribution is -0.139. The third-order valence-corrected chi connectivity index (χ3v) is 6.12. The summed E-state index contributed by atoms with van der Waals surface area (Å²) in [5, 5.41) is 0.591. The summed E-state index contributed by atoms with van der Waals surface area (Å²) in [6, 6.07) is 12.2. The molecule has 0 saturated carbocycles. The third kappa shape index (κ3) is 3.98. The molecule has 2 heterocycles. The van der Waals surface area contributed by atoms with Crippen LogP contribution in [0.3, 0.4) is 0 Å². The first-order chi connectivity index (χ1) is 14.9. The minimum atomic E-state index is -0.969. The van der Waals surface area contributed by atoms with Gasteiger partial charge in [0.05, 0.1) is 22.4 Å². The van der Waals surface area contributed by atoms with Gasteiger partial charge in [0.25, 0.3) is 5.56 Å². The zero-order valence-electron chi connectivity index (χ0n) is 16.8. The molecule has 2 aromatic carbocycles. The molecule has 8 heteroatoms. The van der Waals surface area contributed by atoms with Gasteiger partial charge in [-0.1, -0.05) is 53.3 Å². The maximum absolute atomic E-state index is 14.8. The van der Waals surface area contributed by atoms with Gasteiger partial charge in [0.2, 0.25) is 0 Å². The predicted octanol–water partition coefficient (Wildman–Crippen LogP) is 3.59. The Kier molecular flexibility index (Phi) is 5.89. The number of hydrogen-bond acceptors (Lipinski definition) is 5.